The summed E-state index contributed by atoms with van der Waals surface area (Å²) in [7, 11) is 1.54. The molecule has 2 fully saturated rings. The van der Waals surface area contributed by atoms with E-state index in [0.29, 0.717) is 42.4 Å². The fourth-order valence-electron chi connectivity index (χ4n) is 5.29. The molecule has 3 aromatic rings. The van der Waals surface area contributed by atoms with Gasteiger partial charge in [-0.15, -0.1) is 21.6 Å². The number of carbonyl (C=O) groups excluding carboxylic acids is 1. The summed E-state index contributed by atoms with van der Waals surface area (Å²) in [6.45, 7) is 12.6. The summed E-state index contributed by atoms with van der Waals surface area (Å²) in [6.07, 6.45) is 5.61. The van der Waals surface area contributed by atoms with Crippen LogP contribution in [0.2, 0.25) is 0 Å². The predicted molar refractivity (Wildman–Crippen MR) is 144 cm³/mol. The van der Waals surface area contributed by atoms with E-state index >= 15 is 0 Å². The lowest BCUT2D eigenvalue weighted by Gasteiger charge is -2.54. The number of carbonyl (C=O) groups is 1. The highest BCUT2D eigenvalue weighted by Gasteiger charge is 2.47. The maximum absolute atomic E-state index is 14.1. The molecule has 1 unspecified atom stereocenters. The van der Waals surface area contributed by atoms with Crippen LogP contribution in [0.1, 0.15) is 58.6 Å². The van der Waals surface area contributed by atoms with Crippen LogP contribution in [0.15, 0.2) is 35.8 Å². The topological polar surface area (TPSA) is 118 Å². The quantitative estimate of drug-likeness (QED) is 0.487. The van der Waals surface area contributed by atoms with Gasteiger partial charge in [-0.3, -0.25) is 4.79 Å². The number of pyridine rings is 2. The number of methoxy groups -OCH3 is 1. The van der Waals surface area contributed by atoms with E-state index in [9.17, 15) is 9.59 Å². The minimum atomic E-state index is -0.562. The van der Waals surface area contributed by atoms with Crippen molar-refractivity contribution in [1.82, 2.24) is 29.9 Å². The van der Waals surface area contributed by atoms with Gasteiger partial charge in [0.2, 0.25) is 11.3 Å². The molecule has 3 aromatic heterocycles. The Labute approximate surface area is 221 Å². The third-order valence-corrected chi connectivity index (χ3v) is 7.22. The zero-order valence-corrected chi connectivity index (χ0v) is 22.6. The van der Waals surface area contributed by atoms with Gasteiger partial charge in [0.05, 0.1) is 18.8 Å². The summed E-state index contributed by atoms with van der Waals surface area (Å²) < 4.78 is 10.9. The fourth-order valence-corrected chi connectivity index (χ4v) is 5.29. The standard InChI is InChI=1S/C27H35N7O4/c1-7-8-16(2)21-23(32-13-14-33(19-10-9-18(19)32)26(36)38-27(3,4)5)24(35)22-25(29-21)31-34(30-22)17-11-12-28-20(15-17)37-6/h7,11-12,15-16,18-19H,1,8-10,13-14H2,2-6H3,(H,29,31)/t16?,18-,19-/m0/s1. The Kier molecular flexibility index (Phi) is 6.62. The van der Waals surface area contributed by atoms with Crippen molar-refractivity contribution in [1.29, 1.82) is 0 Å². The lowest BCUT2D eigenvalue weighted by molar-refractivity contribution is -0.00450. The first-order valence-corrected chi connectivity index (χ1v) is 13.0. The largest absolute Gasteiger partial charge is 0.481 e. The predicted octanol–water partition coefficient (Wildman–Crippen LogP) is 3.78. The average Bonchev–Trinajstić information content (AvgIpc) is 3.28. The van der Waals surface area contributed by atoms with Crippen LogP contribution >= 0.6 is 0 Å². The summed E-state index contributed by atoms with van der Waals surface area (Å²) >= 11 is 0. The maximum Gasteiger partial charge on any atom is 0.410 e. The number of ether oxygens (including phenoxy) is 2. The molecule has 38 heavy (non-hydrogen) atoms. The number of piperazine rings is 1. The number of H-pyrrole nitrogens is 1. The SMILES string of the molecule is C=CCC(C)c1[nH]c2nn(-c3ccnc(OC)c3)nc2c(=O)c1N1CCN(C(=O)OC(C)(C)C)[C@H]2CC[C@@H]21. The van der Waals surface area contributed by atoms with Crippen molar-refractivity contribution in [2.45, 2.75) is 70.6 Å². The molecule has 4 heterocycles. The van der Waals surface area contributed by atoms with Crippen molar-refractivity contribution >= 4 is 22.9 Å². The molecule has 11 nitrogen and oxygen atoms in total. The van der Waals surface area contributed by atoms with Crippen LogP contribution in [0.25, 0.3) is 16.9 Å². The Morgan fingerprint density at radius 3 is 2.68 bits per heavy atom. The van der Waals surface area contributed by atoms with Crippen LogP contribution in [0.5, 0.6) is 5.88 Å². The van der Waals surface area contributed by atoms with E-state index in [0.717, 1.165) is 18.5 Å². The zero-order valence-electron chi connectivity index (χ0n) is 22.6. The Bertz CT molecular complexity index is 1420. The Hall–Kier alpha value is -3.89. The van der Waals surface area contributed by atoms with E-state index in [2.05, 4.69) is 38.6 Å². The molecule has 0 radical (unpaired) electrons. The molecule has 1 N–H and O–H groups in total. The normalized spacial score (nSPS) is 20.0. The molecule has 1 saturated carbocycles. The molecule has 5 rings (SSSR count). The first-order chi connectivity index (χ1) is 18.1. The summed E-state index contributed by atoms with van der Waals surface area (Å²) in [6, 6.07) is 3.49. The Balaban J connectivity index is 1.55. The molecule has 1 aliphatic heterocycles. The second kappa shape index (κ2) is 9.77. The molecule has 1 aliphatic carbocycles. The Morgan fingerprint density at radius 2 is 2.03 bits per heavy atom. The number of nitrogens with one attached hydrogen (secondary N) is 1. The molecule has 11 heteroatoms. The highest BCUT2D eigenvalue weighted by molar-refractivity contribution is 5.77. The number of anilines is 1. The van der Waals surface area contributed by atoms with E-state index in [-0.39, 0.29) is 35.0 Å². The van der Waals surface area contributed by atoms with Crippen molar-refractivity contribution in [3.05, 3.63) is 46.9 Å². The highest BCUT2D eigenvalue weighted by atomic mass is 16.6. The van der Waals surface area contributed by atoms with Gasteiger partial charge in [-0.1, -0.05) is 13.0 Å². The van der Waals surface area contributed by atoms with Gasteiger partial charge in [-0.25, -0.2) is 9.78 Å². The summed E-state index contributed by atoms with van der Waals surface area (Å²) in [5.74, 6) is 0.434. The number of allylic oxidation sites excluding steroid dienone is 1. The third kappa shape index (κ3) is 4.61. The minimum absolute atomic E-state index is 0.00350. The van der Waals surface area contributed by atoms with E-state index in [1.807, 2.05) is 31.7 Å². The number of amides is 1. The second-order valence-corrected chi connectivity index (χ2v) is 11.0. The zero-order chi connectivity index (χ0) is 27.2. The van der Waals surface area contributed by atoms with E-state index < -0.39 is 5.60 Å². The number of hydrogen-bond acceptors (Lipinski definition) is 8. The molecule has 3 atom stereocenters. The minimum Gasteiger partial charge on any atom is -0.481 e. The molecule has 0 bridgehead atoms. The number of nitrogens with zero attached hydrogens (tertiary/aromatic N) is 6. The second-order valence-electron chi connectivity index (χ2n) is 11.0. The van der Waals surface area contributed by atoms with Crippen LogP contribution in [-0.4, -0.2) is 73.8 Å². The molecule has 0 aromatic carbocycles. The van der Waals surface area contributed by atoms with Crippen molar-refractivity contribution in [3.63, 3.8) is 0 Å². The molecule has 0 spiro atoms. The number of aromatic amines is 1. The van der Waals surface area contributed by atoms with E-state index in [4.69, 9.17) is 9.47 Å². The lowest BCUT2D eigenvalue weighted by Crippen LogP contribution is -2.67. The van der Waals surface area contributed by atoms with Crippen LogP contribution in [0.4, 0.5) is 10.5 Å². The first-order valence-electron chi connectivity index (χ1n) is 13.0. The average molecular weight is 522 g/mol. The Morgan fingerprint density at radius 1 is 1.26 bits per heavy atom. The fraction of sp³-hybridized carbons (Fsp3) is 0.519. The van der Waals surface area contributed by atoms with Gasteiger partial charge >= 0.3 is 6.09 Å². The molecule has 202 valence electrons. The number of aromatic nitrogens is 5. The summed E-state index contributed by atoms with van der Waals surface area (Å²) in [4.78, 5) is 39.9. The smallest absolute Gasteiger partial charge is 0.410 e. The van der Waals surface area contributed by atoms with Crippen molar-refractivity contribution in [2.75, 3.05) is 25.1 Å². The van der Waals surface area contributed by atoms with Gasteiger partial charge in [0, 0.05) is 43.0 Å². The van der Waals surface area contributed by atoms with Crippen molar-refractivity contribution in [2.24, 2.45) is 0 Å². The molecule has 1 amide bonds. The van der Waals surface area contributed by atoms with Gasteiger partial charge in [-0.2, -0.15) is 0 Å². The third-order valence-electron chi connectivity index (χ3n) is 7.22. The highest BCUT2D eigenvalue weighted by Crippen LogP contribution is 2.39. The van der Waals surface area contributed by atoms with E-state index in [1.54, 1.807) is 25.4 Å². The van der Waals surface area contributed by atoms with Gasteiger partial charge in [0.15, 0.2) is 11.2 Å². The molecular weight excluding hydrogens is 486 g/mol. The van der Waals surface area contributed by atoms with Crippen LogP contribution in [-0.2, 0) is 4.74 Å². The number of rotatable bonds is 6. The van der Waals surface area contributed by atoms with E-state index in [1.165, 1.54) is 4.80 Å². The number of fused-ring (bicyclic) bond motifs is 2. The monoisotopic (exact) mass is 521 g/mol. The molecule has 2 aliphatic rings. The van der Waals surface area contributed by atoms with Gasteiger partial charge in [0.25, 0.3) is 0 Å². The van der Waals surface area contributed by atoms with Gasteiger partial charge in [-0.05, 0) is 46.1 Å². The van der Waals surface area contributed by atoms with Crippen LogP contribution in [0.3, 0.4) is 0 Å². The van der Waals surface area contributed by atoms with Gasteiger partial charge < -0.3 is 24.3 Å². The first kappa shape index (κ1) is 25.7. The van der Waals surface area contributed by atoms with Crippen molar-refractivity contribution < 1.29 is 14.3 Å². The molecular formula is C27H35N7O4. The molecule has 1 saturated heterocycles. The lowest BCUT2D eigenvalue weighted by atomic mass is 9.81. The summed E-state index contributed by atoms with van der Waals surface area (Å²) in [5.41, 5.74) is 1.98. The van der Waals surface area contributed by atoms with Crippen molar-refractivity contribution in [3.8, 4) is 11.6 Å². The van der Waals surface area contributed by atoms with Crippen LogP contribution in [0, 0.1) is 0 Å². The number of hydrogen-bond donors (Lipinski definition) is 1. The summed E-state index contributed by atoms with van der Waals surface area (Å²) in [5, 5.41) is 9.13. The van der Waals surface area contributed by atoms with Crippen LogP contribution < -0.4 is 15.1 Å². The van der Waals surface area contributed by atoms with Gasteiger partial charge in [0.1, 0.15) is 11.3 Å². The maximum atomic E-state index is 14.1.